The van der Waals surface area contributed by atoms with Crippen molar-refractivity contribution in [3.05, 3.63) is 0 Å². The van der Waals surface area contributed by atoms with E-state index >= 15 is 0 Å². The van der Waals surface area contributed by atoms with Gasteiger partial charge in [0.05, 0.1) is 6.61 Å². The number of hydrogen-bond acceptors (Lipinski definition) is 5. The Kier molecular flexibility index (Phi) is 9.73. The highest BCUT2D eigenvalue weighted by atomic mass is 16.6. The van der Waals surface area contributed by atoms with Crippen LogP contribution in [0.2, 0.25) is 0 Å². The second-order valence-corrected chi connectivity index (χ2v) is 5.83. The van der Waals surface area contributed by atoms with Crippen molar-refractivity contribution >= 4 is 12.0 Å². The van der Waals surface area contributed by atoms with Gasteiger partial charge in [-0.1, -0.05) is 0 Å². The van der Waals surface area contributed by atoms with Gasteiger partial charge in [0, 0.05) is 39.2 Å². The molecule has 0 bridgehead atoms. The first-order valence-electron chi connectivity index (χ1n) is 7.20. The summed E-state index contributed by atoms with van der Waals surface area (Å²) < 4.78 is 9.97. The molecule has 2 amide bonds. The Labute approximate surface area is 127 Å². The zero-order valence-corrected chi connectivity index (χ0v) is 13.7. The van der Waals surface area contributed by atoms with Crippen molar-refractivity contribution < 1.29 is 19.1 Å². The van der Waals surface area contributed by atoms with Gasteiger partial charge in [-0.25, -0.2) is 4.79 Å². The summed E-state index contributed by atoms with van der Waals surface area (Å²) in [5.41, 5.74) is -0.499. The molecule has 0 saturated heterocycles. The molecule has 0 spiro atoms. The number of ether oxygens (including phenoxy) is 2. The Balaban J connectivity index is 3.64. The van der Waals surface area contributed by atoms with Crippen molar-refractivity contribution in [1.82, 2.24) is 16.0 Å². The summed E-state index contributed by atoms with van der Waals surface area (Å²) in [6.45, 7) is 9.40. The standard InChI is InChI=1S/C14H29N3O4/c1-11(10-17-13(19)21-14(2,3)4)15-7-6-12(18)16-8-9-20-5/h11,15H,6-10H2,1-5H3,(H,16,18)(H,17,19). The van der Waals surface area contributed by atoms with Crippen LogP contribution in [-0.4, -0.2) is 57.0 Å². The summed E-state index contributed by atoms with van der Waals surface area (Å²) >= 11 is 0. The molecule has 0 aliphatic carbocycles. The van der Waals surface area contributed by atoms with Gasteiger partial charge in [-0.2, -0.15) is 0 Å². The molecule has 21 heavy (non-hydrogen) atoms. The van der Waals surface area contributed by atoms with Crippen molar-refractivity contribution in [2.24, 2.45) is 0 Å². The highest BCUT2D eigenvalue weighted by molar-refractivity contribution is 5.76. The van der Waals surface area contributed by atoms with Crippen LogP contribution < -0.4 is 16.0 Å². The molecule has 1 atom stereocenters. The van der Waals surface area contributed by atoms with Gasteiger partial charge in [0.2, 0.25) is 5.91 Å². The quantitative estimate of drug-likeness (QED) is 0.544. The smallest absolute Gasteiger partial charge is 0.407 e. The molecule has 0 aliphatic rings. The summed E-state index contributed by atoms with van der Waals surface area (Å²) in [5, 5.41) is 8.58. The fraction of sp³-hybridized carbons (Fsp3) is 0.857. The Morgan fingerprint density at radius 2 is 1.81 bits per heavy atom. The summed E-state index contributed by atoms with van der Waals surface area (Å²) in [7, 11) is 1.59. The number of methoxy groups -OCH3 is 1. The highest BCUT2D eigenvalue weighted by Crippen LogP contribution is 2.06. The first kappa shape index (κ1) is 19.7. The molecule has 3 N–H and O–H groups in total. The van der Waals surface area contributed by atoms with Gasteiger partial charge in [-0.15, -0.1) is 0 Å². The largest absolute Gasteiger partial charge is 0.444 e. The number of alkyl carbamates (subject to hydrolysis) is 1. The number of carbonyl (C=O) groups excluding carboxylic acids is 2. The molecular formula is C14H29N3O4. The lowest BCUT2D eigenvalue weighted by molar-refractivity contribution is -0.121. The topological polar surface area (TPSA) is 88.7 Å². The third kappa shape index (κ3) is 13.4. The van der Waals surface area contributed by atoms with E-state index in [-0.39, 0.29) is 11.9 Å². The van der Waals surface area contributed by atoms with Crippen molar-refractivity contribution in [2.45, 2.75) is 45.8 Å². The van der Waals surface area contributed by atoms with Crippen LogP contribution in [0.5, 0.6) is 0 Å². The minimum Gasteiger partial charge on any atom is -0.444 e. The lowest BCUT2D eigenvalue weighted by atomic mass is 10.2. The van der Waals surface area contributed by atoms with E-state index in [1.807, 2.05) is 27.7 Å². The van der Waals surface area contributed by atoms with Crippen LogP contribution in [0.15, 0.2) is 0 Å². The second-order valence-electron chi connectivity index (χ2n) is 5.83. The van der Waals surface area contributed by atoms with Gasteiger partial charge in [0.15, 0.2) is 0 Å². The maximum Gasteiger partial charge on any atom is 0.407 e. The fourth-order valence-corrected chi connectivity index (χ4v) is 1.44. The number of amides is 2. The molecule has 0 rings (SSSR count). The predicted octanol–water partition coefficient (Wildman–Crippen LogP) is 0.642. The van der Waals surface area contributed by atoms with E-state index < -0.39 is 11.7 Å². The molecule has 1 unspecified atom stereocenters. The van der Waals surface area contributed by atoms with Crippen LogP contribution >= 0.6 is 0 Å². The molecule has 0 radical (unpaired) electrons. The van der Waals surface area contributed by atoms with Crippen LogP contribution in [0.3, 0.4) is 0 Å². The van der Waals surface area contributed by atoms with Gasteiger partial charge < -0.3 is 25.4 Å². The summed E-state index contributed by atoms with van der Waals surface area (Å²) in [5.74, 6) is -0.0214. The molecule has 0 aromatic carbocycles. The molecule has 0 aromatic rings. The number of nitrogens with one attached hydrogen (secondary N) is 3. The van der Waals surface area contributed by atoms with Gasteiger partial charge >= 0.3 is 6.09 Å². The van der Waals surface area contributed by atoms with E-state index in [0.29, 0.717) is 32.7 Å². The van der Waals surface area contributed by atoms with E-state index in [9.17, 15) is 9.59 Å². The highest BCUT2D eigenvalue weighted by Gasteiger charge is 2.16. The molecule has 0 saturated carbocycles. The summed E-state index contributed by atoms with van der Waals surface area (Å²) in [6.07, 6.45) is -0.0472. The minimum absolute atomic E-state index is 0.0214. The Hall–Kier alpha value is -1.34. The minimum atomic E-state index is -0.499. The molecule has 0 fully saturated rings. The number of carbonyl (C=O) groups is 2. The average molecular weight is 303 g/mol. The molecule has 7 heteroatoms. The van der Waals surface area contributed by atoms with Gasteiger partial charge in [0.25, 0.3) is 0 Å². The lowest BCUT2D eigenvalue weighted by Crippen LogP contribution is -2.42. The van der Waals surface area contributed by atoms with E-state index in [4.69, 9.17) is 9.47 Å². The first-order valence-corrected chi connectivity index (χ1v) is 7.20. The number of hydrogen-bond donors (Lipinski definition) is 3. The summed E-state index contributed by atoms with van der Waals surface area (Å²) in [6, 6.07) is 0.0595. The van der Waals surface area contributed by atoms with E-state index in [2.05, 4.69) is 16.0 Å². The van der Waals surface area contributed by atoms with Crippen LogP contribution in [0.4, 0.5) is 4.79 Å². The van der Waals surface area contributed by atoms with Gasteiger partial charge in [0.1, 0.15) is 5.60 Å². The van der Waals surface area contributed by atoms with Crippen molar-refractivity contribution in [1.29, 1.82) is 0 Å². The van der Waals surface area contributed by atoms with Crippen molar-refractivity contribution in [3.8, 4) is 0 Å². The molecule has 124 valence electrons. The molecule has 0 aliphatic heterocycles. The Morgan fingerprint density at radius 1 is 1.14 bits per heavy atom. The van der Waals surface area contributed by atoms with Crippen molar-refractivity contribution in [3.63, 3.8) is 0 Å². The van der Waals surface area contributed by atoms with Crippen LogP contribution in [0.25, 0.3) is 0 Å². The van der Waals surface area contributed by atoms with E-state index in [0.717, 1.165) is 0 Å². The number of rotatable bonds is 9. The third-order valence-electron chi connectivity index (χ3n) is 2.42. The lowest BCUT2D eigenvalue weighted by Gasteiger charge is -2.21. The molecule has 0 heterocycles. The Morgan fingerprint density at radius 3 is 2.38 bits per heavy atom. The average Bonchev–Trinajstić information content (AvgIpc) is 2.34. The maximum absolute atomic E-state index is 11.5. The normalized spacial score (nSPS) is 12.6. The summed E-state index contributed by atoms with van der Waals surface area (Å²) in [4.78, 5) is 22.9. The third-order valence-corrected chi connectivity index (χ3v) is 2.42. The van der Waals surface area contributed by atoms with Crippen molar-refractivity contribution in [2.75, 3.05) is 33.4 Å². The van der Waals surface area contributed by atoms with Crippen LogP contribution in [0.1, 0.15) is 34.1 Å². The van der Waals surface area contributed by atoms with E-state index in [1.54, 1.807) is 7.11 Å². The monoisotopic (exact) mass is 303 g/mol. The first-order chi connectivity index (χ1) is 9.74. The van der Waals surface area contributed by atoms with E-state index in [1.165, 1.54) is 0 Å². The molecular weight excluding hydrogens is 274 g/mol. The van der Waals surface area contributed by atoms with Gasteiger partial charge in [-0.3, -0.25) is 4.79 Å². The SMILES string of the molecule is COCCNC(=O)CCNC(C)CNC(=O)OC(C)(C)C. The van der Waals surface area contributed by atoms with Crippen LogP contribution in [-0.2, 0) is 14.3 Å². The zero-order valence-electron chi connectivity index (χ0n) is 13.7. The maximum atomic E-state index is 11.5. The van der Waals surface area contributed by atoms with Crippen LogP contribution in [0, 0.1) is 0 Å². The molecule has 7 nitrogen and oxygen atoms in total. The zero-order chi connectivity index (χ0) is 16.3. The Bertz CT molecular complexity index is 316. The van der Waals surface area contributed by atoms with Gasteiger partial charge in [-0.05, 0) is 27.7 Å². The second kappa shape index (κ2) is 10.4. The predicted molar refractivity (Wildman–Crippen MR) is 81.2 cm³/mol. The molecule has 0 aromatic heterocycles. The fourth-order valence-electron chi connectivity index (χ4n) is 1.44.